The average molecular weight is 208 g/mol. The van der Waals surface area contributed by atoms with Crippen molar-refractivity contribution in [2.24, 2.45) is 0 Å². The number of aryl methyl sites for hydroxylation is 1. The number of benzene rings is 1. The van der Waals surface area contributed by atoms with Crippen LogP contribution in [0.5, 0.6) is 5.75 Å². The van der Waals surface area contributed by atoms with Crippen molar-refractivity contribution in [2.45, 2.75) is 20.8 Å². The molecular weight excluding hydrogens is 192 g/mol. The van der Waals surface area contributed by atoms with Gasteiger partial charge in [-0.1, -0.05) is 11.6 Å². The number of hydrogen-bond donors (Lipinski definition) is 0. The summed E-state index contributed by atoms with van der Waals surface area (Å²) in [5.41, 5.74) is 1.51. The molecule has 15 heavy (non-hydrogen) atoms. The predicted molar refractivity (Wildman–Crippen MR) is 58.3 cm³/mol. The van der Waals surface area contributed by atoms with Crippen LogP contribution in [0.4, 0.5) is 0 Å². The second kappa shape index (κ2) is 5.39. The largest absolute Gasteiger partial charge is 0.493 e. The third-order valence-electron chi connectivity index (χ3n) is 1.93. The van der Waals surface area contributed by atoms with Gasteiger partial charge in [0.1, 0.15) is 11.3 Å². The number of carbonyl (C=O) groups is 1. The SMILES string of the molecule is CCOC(=O)c1cc(C)ccc1OCC. The Morgan fingerprint density at radius 1 is 1.27 bits per heavy atom. The fraction of sp³-hybridized carbons (Fsp3) is 0.417. The van der Waals surface area contributed by atoms with E-state index in [4.69, 9.17) is 9.47 Å². The minimum Gasteiger partial charge on any atom is -0.493 e. The minimum atomic E-state index is -0.329. The molecule has 0 spiro atoms. The van der Waals surface area contributed by atoms with E-state index in [0.29, 0.717) is 24.5 Å². The molecule has 0 N–H and O–H groups in total. The normalized spacial score (nSPS) is 9.80. The van der Waals surface area contributed by atoms with Crippen molar-refractivity contribution >= 4 is 5.97 Å². The lowest BCUT2D eigenvalue weighted by molar-refractivity contribution is 0.0522. The van der Waals surface area contributed by atoms with Gasteiger partial charge in [0.25, 0.3) is 0 Å². The van der Waals surface area contributed by atoms with E-state index in [1.54, 1.807) is 19.1 Å². The fourth-order valence-corrected chi connectivity index (χ4v) is 1.29. The first-order chi connectivity index (χ1) is 7.19. The van der Waals surface area contributed by atoms with E-state index >= 15 is 0 Å². The van der Waals surface area contributed by atoms with E-state index in [2.05, 4.69) is 0 Å². The number of rotatable bonds is 4. The minimum absolute atomic E-state index is 0.329. The van der Waals surface area contributed by atoms with E-state index in [1.165, 1.54) is 0 Å². The zero-order valence-electron chi connectivity index (χ0n) is 9.37. The topological polar surface area (TPSA) is 35.5 Å². The average Bonchev–Trinajstić information content (AvgIpc) is 2.21. The monoisotopic (exact) mass is 208 g/mol. The first-order valence-electron chi connectivity index (χ1n) is 5.09. The van der Waals surface area contributed by atoms with Crippen molar-refractivity contribution < 1.29 is 14.3 Å². The molecule has 3 heteroatoms. The second-order valence-corrected chi connectivity index (χ2v) is 3.15. The Kier molecular flexibility index (Phi) is 4.16. The van der Waals surface area contributed by atoms with E-state index in [9.17, 15) is 4.79 Å². The summed E-state index contributed by atoms with van der Waals surface area (Å²) in [4.78, 5) is 11.6. The maximum Gasteiger partial charge on any atom is 0.341 e. The summed E-state index contributed by atoms with van der Waals surface area (Å²) >= 11 is 0. The van der Waals surface area contributed by atoms with Crippen molar-refractivity contribution in [3.63, 3.8) is 0 Å². The number of carbonyl (C=O) groups excluding carboxylic acids is 1. The first-order valence-corrected chi connectivity index (χ1v) is 5.09. The number of esters is 1. The van der Waals surface area contributed by atoms with Crippen LogP contribution in [0.1, 0.15) is 29.8 Å². The third-order valence-corrected chi connectivity index (χ3v) is 1.93. The molecule has 0 saturated heterocycles. The molecule has 1 aromatic rings. The smallest absolute Gasteiger partial charge is 0.341 e. The Hall–Kier alpha value is -1.51. The van der Waals surface area contributed by atoms with Crippen LogP contribution in [0.25, 0.3) is 0 Å². The number of ether oxygens (including phenoxy) is 2. The van der Waals surface area contributed by atoms with Crippen LogP contribution in [0.15, 0.2) is 18.2 Å². The molecule has 0 amide bonds. The van der Waals surface area contributed by atoms with Gasteiger partial charge in [-0.15, -0.1) is 0 Å². The summed E-state index contributed by atoms with van der Waals surface area (Å²) in [5, 5.41) is 0. The van der Waals surface area contributed by atoms with Crippen LogP contribution < -0.4 is 4.74 Å². The Morgan fingerprint density at radius 3 is 2.60 bits per heavy atom. The molecular formula is C12H16O3. The van der Waals surface area contributed by atoms with Crippen molar-refractivity contribution in [3.8, 4) is 5.75 Å². The van der Waals surface area contributed by atoms with E-state index in [0.717, 1.165) is 5.56 Å². The van der Waals surface area contributed by atoms with Crippen LogP contribution in [0, 0.1) is 6.92 Å². The summed E-state index contributed by atoms with van der Waals surface area (Å²) in [7, 11) is 0. The van der Waals surface area contributed by atoms with Crippen LogP contribution in [-0.2, 0) is 4.74 Å². The van der Waals surface area contributed by atoms with Gasteiger partial charge in [-0.25, -0.2) is 4.79 Å². The Balaban J connectivity index is 3.00. The van der Waals surface area contributed by atoms with Gasteiger partial charge in [-0.05, 0) is 32.9 Å². The molecule has 0 unspecified atom stereocenters. The van der Waals surface area contributed by atoms with Crippen LogP contribution >= 0.6 is 0 Å². The zero-order chi connectivity index (χ0) is 11.3. The molecule has 0 bridgehead atoms. The molecule has 0 aliphatic carbocycles. The highest BCUT2D eigenvalue weighted by molar-refractivity contribution is 5.92. The number of hydrogen-bond acceptors (Lipinski definition) is 3. The highest BCUT2D eigenvalue weighted by Crippen LogP contribution is 2.20. The van der Waals surface area contributed by atoms with E-state index in [-0.39, 0.29) is 5.97 Å². The van der Waals surface area contributed by atoms with Gasteiger partial charge in [0.05, 0.1) is 13.2 Å². The second-order valence-electron chi connectivity index (χ2n) is 3.15. The van der Waals surface area contributed by atoms with Gasteiger partial charge in [-0.2, -0.15) is 0 Å². The summed E-state index contributed by atoms with van der Waals surface area (Å²) in [6.07, 6.45) is 0. The van der Waals surface area contributed by atoms with Gasteiger partial charge in [0, 0.05) is 0 Å². The molecule has 82 valence electrons. The van der Waals surface area contributed by atoms with Crippen molar-refractivity contribution in [3.05, 3.63) is 29.3 Å². The molecule has 0 radical (unpaired) electrons. The molecule has 0 fully saturated rings. The highest BCUT2D eigenvalue weighted by atomic mass is 16.5. The van der Waals surface area contributed by atoms with Gasteiger partial charge < -0.3 is 9.47 Å². The standard InChI is InChI=1S/C12H16O3/c1-4-14-11-7-6-9(3)8-10(11)12(13)15-5-2/h6-8H,4-5H2,1-3H3. The molecule has 0 saturated carbocycles. The molecule has 0 heterocycles. The third kappa shape index (κ3) is 2.98. The van der Waals surface area contributed by atoms with Gasteiger partial charge in [0.2, 0.25) is 0 Å². The first kappa shape index (κ1) is 11.6. The van der Waals surface area contributed by atoms with E-state index in [1.807, 2.05) is 19.9 Å². The summed E-state index contributed by atoms with van der Waals surface area (Å²) in [5.74, 6) is 0.256. The summed E-state index contributed by atoms with van der Waals surface area (Å²) < 4.78 is 10.3. The Morgan fingerprint density at radius 2 is 2.00 bits per heavy atom. The lowest BCUT2D eigenvalue weighted by atomic mass is 10.1. The molecule has 1 rings (SSSR count). The van der Waals surface area contributed by atoms with Crippen molar-refractivity contribution in [2.75, 3.05) is 13.2 Å². The molecule has 0 aliphatic heterocycles. The Labute approximate surface area is 90.0 Å². The van der Waals surface area contributed by atoms with Gasteiger partial charge >= 0.3 is 5.97 Å². The van der Waals surface area contributed by atoms with Gasteiger partial charge in [-0.3, -0.25) is 0 Å². The van der Waals surface area contributed by atoms with Crippen molar-refractivity contribution in [1.29, 1.82) is 0 Å². The maximum atomic E-state index is 11.6. The highest BCUT2D eigenvalue weighted by Gasteiger charge is 2.13. The molecule has 3 nitrogen and oxygen atoms in total. The summed E-state index contributed by atoms with van der Waals surface area (Å²) in [6.45, 7) is 6.51. The zero-order valence-corrected chi connectivity index (χ0v) is 9.37. The summed E-state index contributed by atoms with van der Waals surface area (Å²) in [6, 6.07) is 5.49. The van der Waals surface area contributed by atoms with Gasteiger partial charge in [0.15, 0.2) is 0 Å². The lowest BCUT2D eigenvalue weighted by Crippen LogP contribution is -2.08. The fourth-order valence-electron chi connectivity index (χ4n) is 1.29. The van der Waals surface area contributed by atoms with Crippen LogP contribution in [-0.4, -0.2) is 19.2 Å². The molecule has 1 aromatic carbocycles. The lowest BCUT2D eigenvalue weighted by Gasteiger charge is -2.09. The van der Waals surface area contributed by atoms with E-state index < -0.39 is 0 Å². The Bertz CT molecular complexity index is 345. The molecule has 0 aliphatic rings. The maximum absolute atomic E-state index is 11.6. The van der Waals surface area contributed by atoms with Crippen LogP contribution in [0.2, 0.25) is 0 Å². The predicted octanol–water partition coefficient (Wildman–Crippen LogP) is 2.57. The van der Waals surface area contributed by atoms with Crippen LogP contribution in [0.3, 0.4) is 0 Å². The van der Waals surface area contributed by atoms with Crippen molar-refractivity contribution in [1.82, 2.24) is 0 Å². The molecule has 0 atom stereocenters. The quantitative estimate of drug-likeness (QED) is 0.713. The molecule has 0 aromatic heterocycles.